The highest BCUT2D eigenvalue weighted by molar-refractivity contribution is 8.00. The third kappa shape index (κ3) is 5.13. The van der Waals surface area contributed by atoms with Gasteiger partial charge in [0.05, 0.1) is 18.6 Å². The van der Waals surface area contributed by atoms with E-state index in [1.54, 1.807) is 19.5 Å². The molecule has 0 N–H and O–H groups in total. The average molecular weight is 451 g/mol. The number of methoxy groups -OCH3 is 1. The lowest BCUT2D eigenvalue weighted by Crippen LogP contribution is -2.49. The van der Waals surface area contributed by atoms with Crippen molar-refractivity contribution in [1.82, 2.24) is 14.9 Å². The Morgan fingerprint density at radius 2 is 1.66 bits per heavy atom. The maximum absolute atomic E-state index is 12.8. The summed E-state index contributed by atoms with van der Waals surface area (Å²) in [6.07, 6.45) is 3.21. The molecule has 0 bridgehead atoms. The van der Waals surface area contributed by atoms with Crippen LogP contribution < -0.4 is 14.4 Å². The van der Waals surface area contributed by atoms with Gasteiger partial charge in [-0.15, -0.1) is 0 Å². The smallest absolute Gasteiger partial charge is 0.252 e. The van der Waals surface area contributed by atoms with Gasteiger partial charge >= 0.3 is 0 Å². The first-order valence-corrected chi connectivity index (χ1v) is 11.5. The molecule has 7 nitrogen and oxygen atoms in total. The van der Waals surface area contributed by atoms with Crippen LogP contribution in [0.25, 0.3) is 0 Å². The van der Waals surface area contributed by atoms with Crippen molar-refractivity contribution in [2.75, 3.05) is 43.9 Å². The molecule has 2 heterocycles. The second-order valence-electron chi connectivity index (χ2n) is 7.36. The Bertz CT molecular complexity index is 1070. The number of hydrogen-bond donors (Lipinski definition) is 0. The SMILES string of the molecule is COc1ccccc1N1CCN(C(=O)CSc2nccnc2Oc2ccccc2C)CC1. The highest BCUT2D eigenvalue weighted by Gasteiger charge is 2.23. The summed E-state index contributed by atoms with van der Waals surface area (Å²) in [7, 11) is 1.68. The van der Waals surface area contributed by atoms with Gasteiger partial charge in [-0.25, -0.2) is 9.97 Å². The summed E-state index contributed by atoms with van der Waals surface area (Å²) < 4.78 is 11.4. The number of carbonyl (C=O) groups excluding carboxylic acids is 1. The van der Waals surface area contributed by atoms with E-state index >= 15 is 0 Å². The number of amides is 1. The van der Waals surface area contributed by atoms with E-state index in [1.165, 1.54) is 11.8 Å². The predicted molar refractivity (Wildman–Crippen MR) is 126 cm³/mol. The van der Waals surface area contributed by atoms with Gasteiger partial charge < -0.3 is 19.3 Å². The van der Waals surface area contributed by atoms with Gasteiger partial charge in [-0.05, 0) is 30.7 Å². The Morgan fingerprint density at radius 3 is 2.41 bits per heavy atom. The minimum absolute atomic E-state index is 0.0853. The normalized spacial score (nSPS) is 13.7. The molecule has 0 radical (unpaired) electrons. The Balaban J connectivity index is 1.34. The lowest BCUT2D eigenvalue weighted by molar-refractivity contribution is -0.128. The van der Waals surface area contributed by atoms with Crippen LogP contribution in [-0.4, -0.2) is 59.8 Å². The lowest BCUT2D eigenvalue weighted by Gasteiger charge is -2.36. The molecule has 0 spiro atoms. The van der Waals surface area contributed by atoms with Crippen molar-refractivity contribution in [2.45, 2.75) is 11.9 Å². The van der Waals surface area contributed by atoms with Crippen LogP contribution in [-0.2, 0) is 4.79 Å². The van der Waals surface area contributed by atoms with Crippen LogP contribution >= 0.6 is 11.8 Å². The maximum atomic E-state index is 12.8. The Hall–Kier alpha value is -3.26. The van der Waals surface area contributed by atoms with Crippen molar-refractivity contribution >= 4 is 23.4 Å². The standard InChI is InChI=1S/C24H26N4O3S/c1-18-7-3-5-9-20(18)31-23-24(26-12-11-25-23)32-17-22(29)28-15-13-27(14-16-28)19-8-4-6-10-21(19)30-2/h3-12H,13-17H2,1-2H3. The van der Waals surface area contributed by atoms with Crippen LogP contribution in [0.4, 0.5) is 5.69 Å². The fraction of sp³-hybridized carbons (Fsp3) is 0.292. The number of para-hydroxylation sites is 3. The number of aryl methyl sites for hydroxylation is 1. The van der Waals surface area contributed by atoms with Gasteiger partial charge in [0.2, 0.25) is 5.91 Å². The predicted octanol–water partition coefficient (Wildman–Crippen LogP) is 4.03. The second-order valence-corrected chi connectivity index (χ2v) is 8.33. The number of piperazine rings is 1. The molecular weight excluding hydrogens is 424 g/mol. The number of hydrogen-bond acceptors (Lipinski definition) is 7. The summed E-state index contributed by atoms with van der Waals surface area (Å²) in [4.78, 5) is 25.7. The number of rotatable bonds is 7. The molecule has 1 aromatic heterocycles. The fourth-order valence-electron chi connectivity index (χ4n) is 3.57. The largest absolute Gasteiger partial charge is 0.495 e. The first kappa shape index (κ1) is 22.0. The lowest BCUT2D eigenvalue weighted by atomic mass is 10.2. The van der Waals surface area contributed by atoms with Crippen molar-refractivity contribution in [1.29, 1.82) is 0 Å². The zero-order valence-corrected chi connectivity index (χ0v) is 19.0. The summed E-state index contributed by atoms with van der Waals surface area (Å²) in [6.45, 7) is 4.86. The quantitative estimate of drug-likeness (QED) is 0.504. The molecule has 8 heteroatoms. The van der Waals surface area contributed by atoms with Crippen LogP contribution in [0.15, 0.2) is 66.0 Å². The van der Waals surface area contributed by atoms with Crippen molar-refractivity contribution in [3.63, 3.8) is 0 Å². The molecule has 2 aromatic carbocycles. The van der Waals surface area contributed by atoms with E-state index in [9.17, 15) is 4.79 Å². The molecule has 32 heavy (non-hydrogen) atoms. The summed E-state index contributed by atoms with van der Waals surface area (Å²) in [5, 5.41) is 0.608. The minimum atomic E-state index is 0.0853. The van der Waals surface area contributed by atoms with Crippen LogP contribution in [0.3, 0.4) is 0 Å². The number of ether oxygens (including phenoxy) is 2. The van der Waals surface area contributed by atoms with Crippen LogP contribution in [0.2, 0.25) is 0 Å². The van der Waals surface area contributed by atoms with Gasteiger partial charge in [-0.3, -0.25) is 4.79 Å². The second kappa shape index (κ2) is 10.4. The number of carbonyl (C=O) groups is 1. The molecule has 1 aliphatic rings. The summed E-state index contributed by atoms with van der Waals surface area (Å²) in [5.41, 5.74) is 2.08. The highest BCUT2D eigenvalue weighted by atomic mass is 32.2. The number of aromatic nitrogens is 2. The molecule has 1 fully saturated rings. The molecule has 3 aromatic rings. The van der Waals surface area contributed by atoms with Crippen LogP contribution in [0.5, 0.6) is 17.4 Å². The molecule has 0 saturated carbocycles. The molecule has 4 rings (SSSR count). The van der Waals surface area contributed by atoms with Gasteiger partial charge in [-0.1, -0.05) is 42.1 Å². The highest BCUT2D eigenvalue weighted by Crippen LogP contribution is 2.31. The Labute approximate surface area is 192 Å². The van der Waals surface area contributed by atoms with E-state index in [-0.39, 0.29) is 11.7 Å². The molecule has 0 aliphatic carbocycles. The number of benzene rings is 2. The third-order valence-electron chi connectivity index (χ3n) is 5.32. The molecule has 1 aliphatic heterocycles. The van der Waals surface area contributed by atoms with E-state index in [0.717, 1.165) is 35.8 Å². The Morgan fingerprint density at radius 1 is 0.969 bits per heavy atom. The summed E-state index contributed by atoms with van der Waals surface area (Å²) >= 11 is 1.35. The van der Waals surface area contributed by atoms with Gasteiger partial charge in [0, 0.05) is 38.6 Å². The first-order chi connectivity index (χ1) is 15.7. The topological polar surface area (TPSA) is 67.8 Å². The van der Waals surface area contributed by atoms with E-state index in [1.807, 2.05) is 54.3 Å². The Kier molecular flexibility index (Phi) is 7.11. The van der Waals surface area contributed by atoms with Crippen molar-refractivity contribution < 1.29 is 14.3 Å². The number of anilines is 1. The van der Waals surface area contributed by atoms with E-state index in [4.69, 9.17) is 9.47 Å². The van der Waals surface area contributed by atoms with E-state index in [2.05, 4.69) is 20.9 Å². The van der Waals surface area contributed by atoms with E-state index in [0.29, 0.717) is 24.0 Å². The van der Waals surface area contributed by atoms with Gasteiger partial charge in [0.1, 0.15) is 11.5 Å². The molecule has 1 amide bonds. The fourth-order valence-corrected chi connectivity index (χ4v) is 4.36. The molecule has 0 unspecified atom stereocenters. The summed E-state index contributed by atoms with van der Waals surface area (Å²) in [5.74, 6) is 2.38. The van der Waals surface area contributed by atoms with Crippen molar-refractivity contribution in [2.24, 2.45) is 0 Å². The van der Waals surface area contributed by atoms with Crippen molar-refractivity contribution in [3.8, 4) is 17.4 Å². The van der Waals surface area contributed by atoms with Gasteiger partial charge in [0.15, 0.2) is 5.03 Å². The van der Waals surface area contributed by atoms with Crippen molar-refractivity contribution in [3.05, 3.63) is 66.5 Å². The molecule has 1 saturated heterocycles. The molecule has 166 valence electrons. The third-order valence-corrected chi connectivity index (χ3v) is 6.27. The monoisotopic (exact) mass is 450 g/mol. The average Bonchev–Trinajstić information content (AvgIpc) is 2.85. The maximum Gasteiger partial charge on any atom is 0.252 e. The first-order valence-electron chi connectivity index (χ1n) is 10.5. The van der Waals surface area contributed by atoms with Gasteiger partial charge in [-0.2, -0.15) is 0 Å². The zero-order valence-electron chi connectivity index (χ0n) is 18.2. The number of nitrogens with zero attached hydrogens (tertiary/aromatic N) is 4. The minimum Gasteiger partial charge on any atom is -0.495 e. The number of thioether (sulfide) groups is 1. The molecular formula is C24H26N4O3S. The van der Waals surface area contributed by atoms with Gasteiger partial charge in [0.25, 0.3) is 5.88 Å². The van der Waals surface area contributed by atoms with Crippen LogP contribution in [0, 0.1) is 6.92 Å². The van der Waals surface area contributed by atoms with E-state index < -0.39 is 0 Å². The summed E-state index contributed by atoms with van der Waals surface area (Å²) in [6, 6.07) is 15.7. The van der Waals surface area contributed by atoms with Crippen LogP contribution in [0.1, 0.15) is 5.56 Å². The zero-order chi connectivity index (χ0) is 22.3. The molecule has 0 atom stereocenters.